The molecule has 0 amide bonds. The summed E-state index contributed by atoms with van der Waals surface area (Å²) in [6.07, 6.45) is 0. The van der Waals surface area contributed by atoms with Gasteiger partial charge in [0.05, 0.1) is 19.8 Å². The van der Waals surface area contributed by atoms with Gasteiger partial charge in [-0.15, -0.1) is 0 Å². The Morgan fingerprint density at radius 1 is 0.955 bits per heavy atom. The third kappa shape index (κ3) is 2.71. The number of rotatable bonds is 3. The van der Waals surface area contributed by atoms with Crippen molar-refractivity contribution in [2.75, 3.05) is 14.2 Å². The van der Waals surface area contributed by atoms with Crippen molar-refractivity contribution in [2.45, 2.75) is 33.3 Å². The number of ketones is 2. The molecular formula is C17H20O5. The van der Waals surface area contributed by atoms with E-state index in [1.54, 1.807) is 13.0 Å². The number of fused-ring (bicyclic) bond motifs is 1. The van der Waals surface area contributed by atoms with Crippen LogP contribution >= 0.6 is 0 Å². The molecule has 0 radical (unpaired) electrons. The molecule has 0 heterocycles. The molecule has 1 aromatic carbocycles. The molecule has 22 heavy (non-hydrogen) atoms. The first-order valence-electron chi connectivity index (χ1n) is 6.95. The van der Waals surface area contributed by atoms with E-state index in [0.717, 1.165) is 0 Å². The Morgan fingerprint density at radius 2 is 1.59 bits per heavy atom. The highest BCUT2D eigenvalue weighted by Crippen LogP contribution is 2.37. The van der Waals surface area contributed by atoms with Crippen molar-refractivity contribution in [1.29, 1.82) is 0 Å². The Labute approximate surface area is 129 Å². The fraction of sp³-hybridized carbons (Fsp3) is 0.412. The molecule has 5 nitrogen and oxygen atoms in total. The van der Waals surface area contributed by atoms with E-state index in [4.69, 9.17) is 14.2 Å². The zero-order chi connectivity index (χ0) is 16.7. The summed E-state index contributed by atoms with van der Waals surface area (Å²) in [5.41, 5.74) is 0.210. The third-order valence-corrected chi connectivity index (χ3v) is 3.30. The zero-order valence-electron chi connectivity index (χ0n) is 13.7. The van der Waals surface area contributed by atoms with E-state index in [0.29, 0.717) is 11.5 Å². The maximum atomic E-state index is 12.7. The summed E-state index contributed by atoms with van der Waals surface area (Å²) in [6.45, 7) is 7.07. The van der Waals surface area contributed by atoms with Crippen LogP contribution in [0.5, 0.6) is 11.5 Å². The minimum absolute atomic E-state index is 0.0836. The van der Waals surface area contributed by atoms with Gasteiger partial charge < -0.3 is 14.2 Å². The molecule has 0 atom stereocenters. The Morgan fingerprint density at radius 3 is 2.09 bits per heavy atom. The van der Waals surface area contributed by atoms with Gasteiger partial charge in [0.25, 0.3) is 0 Å². The molecule has 0 saturated carbocycles. The lowest BCUT2D eigenvalue weighted by molar-refractivity contribution is 0.0405. The standard InChI is InChI=1S/C17H20O5/c1-9-14(18)13-11(7-10(20-5)8-12(13)21-6)15(19)16(9)22-17(2,3)4/h7-8H,1-6H3. The second-order valence-corrected chi connectivity index (χ2v) is 6.08. The maximum Gasteiger partial charge on any atom is 0.229 e. The summed E-state index contributed by atoms with van der Waals surface area (Å²) in [5, 5.41) is 0. The number of Topliss-reactive ketones (excluding diaryl/α,β-unsaturated/α-hetero) is 2. The van der Waals surface area contributed by atoms with Gasteiger partial charge in [-0.25, -0.2) is 0 Å². The van der Waals surface area contributed by atoms with Crippen LogP contribution in [0.1, 0.15) is 48.4 Å². The van der Waals surface area contributed by atoms with Crippen molar-refractivity contribution in [3.63, 3.8) is 0 Å². The molecule has 0 aliphatic heterocycles. The number of allylic oxidation sites excluding steroid dienone is 2. The van der Waals surface area contributed by atoms with Crippen LogP contribution < -0.4 is 9.47 Å². The van der Waals surface area contributed by atoms with E-state index >= 15 is 0 Å². The largest absolute Gasteiger partial charge is 0.497 e. The Balaban J connectivity index is 2.65. The zero-order valence-corrected chi connectivity index (χ0v) is 13.7. The van der Waals surface area contributed by atoms with Crippen molar-refractivity contribution in [3.8, 4) is 11.5 Å². The summed E-state index contributed by atoms with van der Waals surface area (Å²) in [5.74, 6) is 0.251. The quantitative estimate of drug-likeness (QED) is 0.858. The lowest BCUT2D eigenvalue weighted by atomic mass is 9.87. The van der Waals surface area contributed by atoms with Gasteiger partial charge in [0.2, 0.25) is 5.78 Å². The van der Waals surface area contributed by atoms with Crippen molar-refractivity contribution in [2.24, 2.45) is 0 Å². The van der Waals surface area contributed by atoms with Gasteiger partial charge in [-0.2, -0.15) is 0 Å². The molecule has 1 aliphatic rings. The fourth-order valence-corrected chi connectivity index (χ4v) is 2.29. The van der Waals surface area contributed by atoms with Crippen molar-refractivity contribution >= 4 is 11.6 Å². The molecule has 1 aliphatic carbocycles. The lowest BCUT2D eigenvalue weighted by Gasteiger charge is -2.27. The molecule has 0 bridgehead atoms. The van der Waals surface area contributed by atoms with E-state index in [2.05, 4.69) is 0 Å². The second-order valence-electron chi connectivity index (χ2n) is 6.08. The minimum atomic E-state index is -0.576. The number of ether oxygens (including phenoxy) is 3. The van der Waals surface area contributed by atoms with E-state index < -0.39 is 5.60 Å². The number of hydrogen-bond acceptors (Lipinski definition) is 5. The molecular weight excluding hydrogens is 284 g/mol. The van der Waals surface area contributed by atoms with Gasteiger partial charge >= 0.3 is 0 Å². The highest BCUT2D eigenvalue weighted by Gasteiger charge is 2.36. The summed E-state index contributed by atoms with van der Waals surface area (Å²) in [7, 11) is 2.94. The van der Waals surface area contributed by atoms with Crippen molar-refractivity contribution in [3.05, 3.63) is 34.6 Å². The number of methoxy groups -OCH3 is 2. The van der Waals surface area contributed by atoms with Crippen LogP contribution in [0.15, 0.2) is 23.5 Å². The van der Waals surface area contributed by atoms with Crippen LogP contribution in [-0.4, -0.2) is 31.4 Å². The molecule has 1 aromatic rings. The molecule has 2 rings (SSSR count). The number of carbonyl (C=O) groups is 2. The fourth-order valence-electron chi connectivity index (χ4n) is 2.29. The van der Waals surface area contributed by atoms with Gasteiger partial charge in [0.1, 0.15) is 17.1 Å². The first kappa shape index (κ1) is 16.1. The predicted octanol–water partition coefficient (Wildman–Crippen LogP) is 3.17. The first-order chi connectivity index (χ1) is 10.2. The third-order valence-electron chi connectivity index (χ3n) is 3.30. The van der Waals surface area contributed by atoms with Gasteiger partial charge in [0, 0.05) is 17.2 Å². The van der Waals surface area contributed by atoms with E-state index in [1.807, 2.05) is 20.8 Å². The minimum Gasteiger partial charge on any atom is -0.497 e. The molecule has 118 valence electrons. The molecule has 0 N–H and O–H groups in total. The van der Waals surface area contributed by atoms with Gasteiger partial charge in [0.15, 0.2) is 11.5 Å². The van der Waals surface area contributed by atoms with E-state index in [1.165, 1.54) is 20.3 Å². The van der Waals surface area contributed by atoms with Crippen LogP contribution in [0.25, 0.3) is 0 Å². The molecule has 0 saturated heterocycles. The summed E-state index contributed by atoms with van der Waals surface area (Å²) in [4.78, 5) is 25.4. The monoisotopic (exact) mass is 304 g/mol. The van der Waals surface area contributed by atoms with E-state index in [9.17, 15) is 9.59 Å². The molecule has 0 unspecified atom stereocenters. The molecule has 5 heteroatoms. The topological polar surface area (TPSA) is 61.8 Å². The van der Waals surface area contributed by atoms with Crippen LogP contribution in [0.4, 0.5) is 0 Å². The highest BCUT2D eigenvalue weighted by atomic mass is 16.5. The van der Waals surface area contributed by atoms with Crippen molar-refractivity contribution in [1.82, 2.24) is 0 Å². The first-order valence-corrected chi connectivity index (χ1v) is 6.95. The molecule has 0 fully saturated rings. The van der Waals surface area contributed by atoms with Gasteiger partial charge in [-0.05, 0) is 33.8 Å². The second kappa shape index (κ2) is 5.48. The van der Waals surface area contributed by atoms with Crippen LogP contribution in [0.2, 0.25) is 0 Å². The van der Waals surface area contributed by atoms with Crippen LogP contribution in [0, 0.1) is 0 Å². The number of carbonyl (C=O) groups excluding carboxylic acids is 2. The van der Waals surface area contributed by atoms with E-state index in [-0.39, 0.29) is 34.0 Å². The summed E-state index contributed by atoms with van der Waals surface area (Å²) >= 11 is 0. The molecule has 0 spiro atoms. The Bertz CT molecular complexity index is 677. The predicted molar refractivity (Wildman–Crippen MR) is 81.7 cm³/mol. The van der Waals surface area contributed by atoms with Gasteiger partial charge in [-0.3, -0.25) is 9.59 Å². The van der Waals surface area contributed by atoms with Crippen LogP contribution in [0.3, 0.4) is 0 Å². The maximum absolute atomic E-state index is 12.7. The normalized spacial score (nSPS) is 14.8. The molecule has 0 aromatic heterocycles. The highest BCUT2D eigenvalue weighted by molar-refractivity contribution is 6.27. The Hall–Kier alpha value is -2.30. The number of hydrogen-bond donors (Lipinski definition) is 0. The lowest BCUT2D eigenvalue weighted by Crippen LogP contribution is -2.29. The Kier molecular flexibility index (Phi) is 4.00. The average molecular weight is 304 g/mol. The SMILES string of the molecule is COc1cc(OC)c2c(c1)C(=O)C(OC(C)(C)C)=C(C)C2=O. The smallest absolute Gasteiger partial charge is 0.229 e. The summed E-state index contributed by atoms with van der Waals surface area (Å²) in [6, 6.07) is 3.13. The average Bonchev–Trinajstić information content (AvgIpc) is 2.46. The van der Waals surface area contributed by atoms with Crippen LogP contribution in [-0.2, 0) is 4.74 Å². The number of benzene rings is 1. The summed E-state index contributed by atoms with van der Waals surface area (Å²) < 4.78 is 16.1. The van der Waals surface area contributed by atoms with Gasteiger partial charge in [-0.1, -0.05) is 0 Å². The van der Waals surface area contributed by atoms with Crippen molar-refractivity contribution < 1.29 is 23.8 Å².